The van der Waals surface area contributed by atoms with Crippen LogP contribution in [0.4, 0.5) is 0 Å². The molecule has 3 heteroatoms. The molecule has 0 spiro atoms. The van der Waals surface area contributed by atoms with E-state index in [1.807, 2.05) is 19.1 Å². The van der Waals surface area contributed by atoms with Crippen LogP contribution in [0, 0.1) is 18.3 Å². The van der Waals surface area contributed by atoms with E-state index >= 15 is 0 Å². The highest BCUT2D eigenvalue weighted by atomic mass is 79.9. The molecule has 0 aliphatic rings. The van der Waals surface area contributed by atoms with Crippen molar-refractivity contribution in [3.63, 3.8) is 0 Å². The first-order valence-electron chi connectivity index (χ1n) is 3.46. The largest absolute Gasteiger partial charge is 0.198 e. The van der Waals surface area contributed by atoms with Gasteiger partial charge in [-0.2, -0.15) is 5.26 Å². The van der Waals surface area contributed by atoms with Gasteiger partial charge in [0.05, 0.1) is 17.5 Å². The molecular weight excluding hydrogens is 237 g/mol. The summed E-state index contributed by atoms with van der Waals surface area (Å²) in [5, 5.41) is 9.19. The zero-order valence-corrected chi connectivity index (χ0v) is 8.91. The van der Waals surface area contributed by atoms with Crippen LogP contribution in [0.1, 0.15) is 11.1 Å². The summed E-state index contributed by atoms with van der Waals surface area (Å²) in [5.41, 5.74) is 1.99. The highest BCUT2D eigenvalue weighted by molar-refractivity contribution is 9.10. The van der Waals surface area contributed by atoms with Crippen LogP contribution in [-0.4, -0.2) is 0 Å². The van der Waals surface area contributed by atoms with Crippen molar-refractivity contribution in [2.24, 2.45) is 0 Å². The van der Waals surface area contributed by atoms with E-state index in [1.165, 1.54) is 0 Å². The third-order valence-electron chi connectivity index (χ3n) is 1.55. The number of hydrogen-bond donors (Lipinski definition) is 0. The Balaban J connectivity index is 3.14. The van der Waals surface area contributed by atoms with Crippen LogP contribution in [0.5, 0.6) is 0 Å². The van der Waals surface area contributed by atoms with Gasteiger partial charge in [0.2, 0.25) is 0 Å². The monoisotopic (exact) mass is 243 g/mol. The summed E-state index contributed by atoms with van der Waals surface area (Å²) >= 11 is 9.25. The molecule has 0 aliphatic carbocycles. The van der Waals surface area contributed by atoms with Gasteiger partial charge in [-0.05, 0) is 40.0 Å². The number of nitriles is 1. The average molecular weight is 245 g/mol. The van der Waals surface area contributed by atoms with Gasteiger partial charge in [-0.15, -0.1) is 0 Å². The van der Waals surface area contributed by atoms with Gasteiger partial charge in [0.1, 0.15) is 0 Å². The summed E-state index contributed by atoms with van der Waals surface area (Å²) in [6.07, 6.45) is 0.427. The summed E-state index contributed by atoms with van der Waals surface area (Å²) < 4.78 is 0.856. The Morgan fingerprint density at radius 2 is 2.25 bits per heavy atom. The third-order valence-corrected chi connectivity index (χ3v) is 2.91. The fourth-order valence-corrected chi connectivity index (χ4v) is 1.71. The molecule has 0 aromatic heterocycles. The molecule has 0 bridgehead atoms. The number of nitrogens with zero attached hydrogens (tertiary/aromatic N) is 1. The zero-order valence-electron chi connectivity index (χ0n) is 6.56. The lowest BCUT2D eigenvalue weighted by Crippen LogP contribution is -1.85. The highest BCUT2D eigenvalue weighted by Gasteiger charge is 2.02. The molecule has 1 aromatic carbocycles. The molecule has 1 nitrogen and oxygen atoms in total. The quantitative estimate of drug-likeness (QED) is 0.742. The van der Waals surface area contributed by atoms with Gasteiger partial charge in [0.15, 0.2) is 0 Å². The van der Waals surface area contributed by atoms with Crippen LogP contribution in [0.25, 0.3) is 0 Å². The smallest absolute Gasteiger partial charge is 0.0669 e. The average Bonchev–Trinajstić information content (AvgIpc) is 2.01. The SMILES string of the molecule is Cc1cc(CC#N)cc(Br)c1Cl. The van der Waals surface area contributed by atoms with Crippen molar-refractivity contribution in [2.45, 2.75) is 13.3 Å². The maximum Gasteiger partial charge on any atom is 0.0669 e. The molecule has 1 rings (SSSR count). The lowest BCUT2D eigenvalue weighted by atomic mass is 10.1. The normalized spacial score (nSPS) is 9.50. The van der Waals surface area contributed by atoms with Crippen LogP contribution < -0.4 is 0 Å². The van der Waals surface area contributed by atoms with Crippen LogP contribution >= 0.6 is 27.5 Å². The zero-order chi connectivity index (χ0) is 9.14. The van der Waals surface area contributed by atoms with Crippen LogP contribution in [0.15, 0.2) is 16.6 Å². The van der Waals surface area contributed by atoms with E-state index in [1.54, 1.807) is 0 Å². The molecule has 0 N–H and O–H groups in total. The molecular formula is C9H7BrClN. The first-order chi connectivity index (χ1) is 5.65. The number of aryl methyl sites for hydroxylation is 1. The van der Waals surface area contributed by atoms with Gasteiger partial charge in [-0.3, -0.25) is 0 Å². The van der Waals surface area contributed by atoms with Gasteiger partial charge < -0.3 is 0 Å². The lowest BCUT2D eigenvalue weighted by Gasteiger charge is -2.02. The van der Waals surface area contributed by atoms with Crippen molar-refractivity contribution in [3.05, 3.63) is 32.8 Å². The number of hydrogen-bond acceptors (Lipinski definition) is 1. The Morgan fingerprint density at radius 1 is 1.58 bits per heavy atom. The first kappa shape index (κ1) is 9.57. The lowest BCUT2D eigenvalue weighted by molar-refractivity contribution is 1.24. The van der Waals surface area contributed by atoms with E-state index < -0.39 is 0 Å². The maximum absolute atomic E-state index is 8.47. The van der Waals surface area contributed by atoms with Gasteiger partial charge in [0, 0.05) is 4.47 Å². The second kappa shape index (κ2) is 3.93. The van der Waals surface area contributed by atoms with E-state index in [9.17, 15) is 0 Å². The minimum atomic E-state index is 0.427. The van der Waals surface area contributed by atoms with Gasteiger partial charge in [0.25, 0.3) is 0 Å². The molecule has 0 amide bonds. The minimum Gasteiger partial charge on any atom is -0.198 e. The van der Waals surface area contributed by atoms with E-state index in [0.29, 0.717) is 6.42 Å². The van der Waals surface area contributed by atoms with E-state index in [-0.39, 0.29) is 0 Å². The molecule has 0 aliphatic heterocycles. The second-order valence-electron chi connectivity index (χ2n) is 2.54. The van der Waals surface area contributed by atoms with Crippen molar-refractivity contribution >= 4 is 27.5 Å². The van der Waals surface area contributed by atoms with E-state index in [2.05, 4.69) is 22.0 Å². The van der Waals surface area contributed by atoms with Crippen molar-refractivity contribution in [1.29, 1.82) is 5.26 Å². The predicted octanol–water partition coefficient (Wildman–Crippen LogP) is 3.48. The molecule has 0 radical (unpaired) electrons. The second-order valence-corrected chi connectivity index (χ2v) is 3.78. The van der Waals surface area contributed by atoms with Gasteiger partial charge in [-0.25, -0.2) is 0 Å². The first-order valence-corrected chi connectivity index (χ1v) is 4.63. The molecule has 0 saturated heterocycles. The van der Waals surface area contributed by atoms with E-state index in [4.69, 9.17) is 16.9 Å². The fourth-order valence-electron chi connectivity index (χ4n) is 0.991. The number of halogens is 2. The van der Waals surface area contributed by atoms with Gasteiger partial charge in [-0.1, -0.05) is 17.7 Å². The number of benzene rings is 1. The molecule has 1 aromatic rings. The van der Waals surface area contributed by atoms with E-state index in [0.717, 1.165) is 20.6 Å². The Labute approximate surface area is 85.1 Å². The Morgan fingerprint density at radius 3 is 2.75 bits per heavy atom. The molecule has 0 heterocycles. The fraction of sp³-hybridized carbons (Fsp3) is 0.222. The van der Waals surface area contributed by atoms with Crippen LogP contribution in [0.3, 0.4) is 0 Å². The molecule has 0 unspecified atom stereocenters. The van der Waals surface area contributed by atoms with Crippen molar-refractivity contribution in [2.75, 3.05) is 0 Å². The predicted molar refractivity (Wildman–Crippen MR) is 53.2 cm³/mol. The molecule has 0 saturated carbocycles. The summed E-state index contributed by atoms with van der Waals surface area (Å²) in [6, 6.07) is 5.89. The summed E-state index contributed by atoms with van der Waals surface area (Å²) in [5.74, 6) is 0. The summed E-state index contributed by atoms with van der Waals surface area (Å²) in [6.45, 7) is 1.92. The van der Waals surface area contributed by atoms with Crippen molar-refractivity contribution in [3.8, 4) is 6.07 Å². The summed E-state index contributed by atoms with van der Waals surface area (Å²) in [7, 11) is 0. The molecule has 12 heavy (non-hydrogen) atoms. The minimum absolute atomic E-state index is 0.427. The van der Waals surface area contributed by atoms with Crippen molar-refractivity contribution in [1.82, 2.24) is 0 Å². The Hall–Kier alpha value is -0.520. The molecule has 62 valence electrons. The third kappa shape index (κ3) is 2.00. The standard InChI is InChI=1S/C9H7BrClN/c1-6-4-7(2-3-12)5-8(10)9(6)11/h4-5H,2H2,1H3. The molecule has 0 atom stereocenters. The van der Waals surface area contributed by atoms with Crippen LogP contribution in [-0.2, 0) is 6.42 Å². The molecule has 0 fully saturated rings. The Kier molecular flexibility index (Phi) is 3.13. The van der Waals surface area contributed by atoms with Crippen molar-refractivity contribution < 1.29 is 0 Å². The summed E-state index contributed by atoms with van der Waals surface area (Å²) in [4.78, 5) is 0. The maximum atomic E-state index is 8.47. The topological polar surface area (TPSA) is 23.8 Å². The van der Waals surface area contributed by atoms with Gasteiger partial charge >= 0.3 is 0 Å². The number of rotatable bonds is 1. The Bertz CT molecular complexity index is 318. The van der Waals surface area contributed by atoms with Crippen LogP contribution in [0.2, 0.25) is 5.02 Å². The highest BCUT2D eigenvalue weighted by Crippen LogP contribution is 2.27.